The summed E-state index contributed by atoms with van der Waals surface area (Å²) in [6.07, 6.45) is 7.66. The van der Waals surface area contributed by atoms with Gasteiger partial charge in [0.2, 0.25) is 5.91 Å². The molecule has 0 radical (unpaired) electrons. The number of fused-ring (bicyclic) bond motifs is 7. The van der Waals surface area contributed by atoms with E-state index in [0.29, 0.717) is 30.4 Å². The average Bonchev–Trinajstić information content (AvgIpc) is 3.72. The fourth-order valence-electron chi connectivity index (χ4n) is 14.4. The van der Waals surface area contributed by atoms with Gasteiger partial charge in [-0.3, -0.25) is 29.1 Å². The van der Waals surface area contributed by atoms with Crippen LogP contribution in [0.2, 0.25) is 0 Å². The van der Waals surface area contributed by atoms with E-state index in [1.54, 1.807) is 19.9 Å². The molecule has 0 unspecified atom stereocenters. The number of aromatic amines is 1. The lowest BCUT2D eigenvalue weighted by Crippen LogP contribution is -2.68. The number of carbonyl (C=O) groups excluding carboxylic acids is 4. The van der Waals surface area contributed by atoms with Gasteiger partial charge in [0.1, 0.15) is 17.3 Å². The molecule has 2 amide bonds. The van der Waals surface area contributed by atoms with Crippen molar-refractivity contribution in [3.05, 3.63) is 28.6 Å². The van der Waals surface area contributed by atoms with Gasteiger partial charge in [0.15, 0.2) is 5.78 Å². The van der Waals surface area contributed by atoms with Crippen molar-refractivity contribution in [3.8, 4) is 0 Å². The molecule has 0 saturated heterocycles. The molecule has 0 bridgehead atoms. The number of aliphatic carboxylic acids is 1. The zero-order chi connectivity index (χ0) is 43.6. The summed E-state index contributed by atoms with van der Waals surface area (Å²) in [6, 6.07) is 1.72. The van der Waals surface area contributed by atoms with Crippen LogP contribution in [0.25, 0.3) is 0 Å². The number of hydrogen-bond acceptors (Lipinski definition) is 7. The zero-order valence-electron chi connectivity index (χ0n) is 38.1. The van der Waals surface area contributed by atoms with Crippen LogP contribution in [0.5, 0.6) is 0 Å². The number of carboxylic acid groups (broad SMARTS) is 1. The van der Waals surface area contributed by atoms with Crippen LogP contribution in [0.15, 0.2) is 17.2 Å². The van der Waals surface area contributed by atoms with Crippen molar-refractivity contribution in [2.75, 3.05) is 0 Å². The van der Waals surface area contributed by atoms with Crippen molar-refractivity contribution in [1.29, 1.82) is 0 Å². The van der Waals surface area contributed by atoms with Crippen LogP contribution < -0.4 is 10.6 Å². The van der Waals surface area contributed by atoms with E-state index in [0.717, 1.165) is 61.8 Å². The molecule has 4 N–H and O–H groups in total. The van der Waals surface area contributed by atoms with E-state index in [1.165, 1.54) is 0 Å². The van der Waals surface area contributed by atoms with E-state index < -0.39 is 40.2 Å². The number of nitrogens with zero attached hydrogens (tertiary/aromatic N) is 1. The third kappa shape index (κ3) is 6.38. The summed E-state index contributed by atoms with van der Waals surface area (Å²) in [4.78, 5) is 67.4. The highest BCUT2D eigenvalue weighted by Gasteiger charge is 2.71. The number of aromatic nitrogens is 2. The minimum Gasteiger partial charge on any atom is -0.481 e. The van der Waals surface area contributed by atoms with Crippen molar-refractivity contribution in [3.63, 3.8) is 0 Å². The number of nitrogens with one attached hydrogen (secondary N) is 3. The van der Waals surface area contributed by atoms with Gasteiger partial charge in [0.05, 0.1) is 23.1 Å². The van der Waals surface area contributed by atoms with Crippen molar-refractivity contribution < 1.29 is 33.8 Å². The van der Waals surface area contributed by atoms with Gasteiger partial charge in [0, 0.05) is 11.8 Å². The number of ether oxygens (including phenoxy) is 1. The van der Waals surface area contributed by atoms with E-state index in [2.05, 4.69) is 69.3 Å². The number of Topliss-reactive ketones (excluding diaryl/α,β-unsaturated/α-hetero) is 1. The van der Waals surface area contributed by atoms with E-state index in [9.17, 15) is 29.1 Å². The number of ketones is 1. The van der Waals surface area contributed by atoms with E-state index >= 15 is 0 Å². The maximum absolute atomic E-state index is 14.4. The number of rotatable bonds is 9. The van der Waals surface area contributed by atoms with Crippen LogP contribution in [0, 0.1) is 62.6 Å². The highest BCUT2D eigenvalue weighted by molar-refractivity contribution is 6.03. The highest BCUT2D eigenvalue weighted by Crippen LogP contribution is 2.76. The van der Waals surface area contributed by atoms with Crippen LogP contribution in [0.1, 0.15) is 176 Å². The van der Waals surface area contributed by atoms with Gasteiger partial charge in [-0.25, -0.2) is 0 Å². The van der Waals surface area contributed by atoms with Gasteiger partial charge in [-0.15, -0.1) is 0 Å². The first-order valence-electron chi connectivity index (χ1n) is 22.6. The molecule has 10 atom stereocenters. The second-order valence-corrected chi connectivity index (χ2v) is 23.0. The zero-order valence-corrected chi connectivity index (χ0v) is 38.1. The van der Waals surface area contributed by atoms with Crippen molar-refractivity contribution >= 4 is 29.5 Å². The largest absolute Gasteiger partial charge is 0.481 e. The number of amides is 2. The number of allylic oxidation sites excluding steroid dienone is 1. The third-order valence-electron chi connectivity index (χ3n) is 18.3. The van der Waals surface area contributed by atoms with Crippen LogP contribution in [0.3, 0.4) is 0 Å². The Labute approximate surface area is 351 Å². The standard InChI is InChI=1S/C48H72N4O7/c1-25(2)30-23-31(52-51-30)38(54)49-44(9,10)41(58)50-48-21-20-46(12)27(37(48)36(26(3)4)32(53)24-48)14-15-34-45(11)18-17-35(43(7,8)33(45)16-19-47(34,46)13)59-40(57)29-22-28(39(55)56)42(29,5)6/h23,25-29,33-35H,14-22,24H2,1-13H3,(H,49,54)(H,50,58)(H,51,52)(H,55,56)/t27-,28+,29-,33+,34-,35+,45+,46-,47-,48-/m1/s1. The van der Waals surface area contributed by atoms with Crippen LogP contribution in [0.4, 0.5) is 0 Å². The molecular weight excluding hydrogens is 745 g/mol. The Kier molecular flexibility index (Phi) is 10.4. The summed E-state index contributed by atoms with van der Waals surface area (Å²) in [6.45, 7) is 27.5. The minimum atomic E-state index is -1.25. The molecule has 1 aromatic heterocycles. The Bertz CT molecular complexity index is 1970. The molecule has 11 nitrogen and oxygen atoms in total. The monoisotopic (exact) mass is 817 g/mol. The molecule has 7 rings (SSSR count). The average molecular weight is 817 g/mol. The normalized spacial score (nSPS) is 38.4. The first-order valence-corrected chi connectivity index (χ1v) is 22.6. The highest BCUT2D eigenvalue weighted by atomic mass is 16.5. The third-order valence-corrected chi connectivity index (χ3v) is 18.3. The Hall–Kier alpha value is -3.50. The lowest BCUT2D eigenvalue weighted by molar-refractivity contribution is -0.235. The van der Waals surface area contributed by atoms with E-state index in [1.807, 2.05) is 27.7 Å². The van der Waals surface area contributed by atoms with Gasteiger partial charge in [-0.1, -0.05) is 76.2 Å². The topological polar surface area (TPSA) is 168 Å². The SMILES string of the molecule is CC(C)C1=C2[C@H]3CC[C@@H]4[C@@]5(C)CC[C@H](OC(=O)[C@H]6C[C@@H](C(=O)O)C6(C)C)C(C)(C)[C@@H]5CC[C@@]4(C)[C@]3(C)CC[C@@]2(NC(=O)C(C)(C)NC(=O)c2cc(C(C)C)n[nH]2)CC1=O. The summed E-state index contributed by atoms with van der Waals surface area (Å²) in [5.74, 6) is -1.53. The summed E-state index contributed by atoms with van der Waals surface area (Å²) in [5.41, 5.74) is 0.0612. The molecule has 6 aliphatic carbocycles. The first-order chi connectivity index (χ1) is 27.2. The fourth-order valence-corrected chi connectivity index (χ4v) is 14.4. The molecule has 6 aliphatic rings. The Morgan fingerprint density at radius 1 is 0.847 bits per heavy atom. The molecule has 1 aromatic rings. The Morgan fingerprint density at radius 2 is 1.53 bits per heavy atom. The van der Waals surface area contributed by atoms with Crippen molar-refractivity contribution in [1.82, 2.24) is 20.8 Å². The molecule has 0 spiro atoms. The number of carbonyl (C=O) groups is 5. The van der Waals surface area contributed by atoms with E-state index in [-0.39, 0.29) is 69.6 Å². The second-order valence-electron chi connectivity index (χ2n) is 23.0. The molecule has 5 fully saturated rings. The van der Waals surface area contributed by atoms with Gasteiger partial charge < -0.3 is 20.5 Å². The van der Waals surface area contributed by atoms with Crippen molar-refractivity contribution in [2.24, 2.45) is 62.6 Å². The fraction of sp³-hybridized carbons (Fsp3) is 0.792. The molecule has 11 heteroatoms. The molecule has 1 heterocycles. The second kappa shape index (κ2) is 14.0. The maximum Gasteiger partial charge on any atom is 0.309 e. The molecule has 0 aromatic carbocycles. The van der Waals surface area contributed by atoms with Crippen LogP contribution >= 0.6 is 0 Å². The van der Waals surface area contributed by atoms with Gasteiger partial charge in [0.25, 0.3) is 5.91 Å². The minimum absolute atomic E-state index is 0.0139. The predicted octanol–water partition coefficient (Wildman–Crippen LogP) is 8.55. The predicted molar refractivity (Wildman–Crippen MR) is 225 cm³/mol. The molecule has 326 valence electrons. The molecule has 59 heavy (non-hydrogen) atoms. The number of esters is 1. The Morgan fingerprint density at radius 3 is 2.12 bits per heavy atom. The lowest BCUT2D eigenvalue weighted by Gasteiger charge is -2.72. The number of H-pyrrole nitrogens is 1. The summed E-state index contributed by atoms with van der Waals surface area (Å²) in [7, 11) is 0. The quantitative estimate of drug-likeness (QED) is 0.180. The van der Waals surface area contributed by atoms with Crippen molar-refractivity contribution in [2.45, 2.75) is 177 Å². The molecular formula is C48H72N4O7. The molecule has 0 aliphatic heterocycles. The van der Waals surface area contributed by atoms with Gasteiger partial charge >= 0.3 is 11.9 Å². The van der Waals surface area contributed by atoms with Gasteiger partial charge in [-0.05, 0) is 140 Å². The van der Waals surface area contributed by atoms with E-state index in [4.69, 9.17) is 4.74 Å². The lowest BCUT2D eigenvalue weighted by atomic mass is 9.33. The van der Waals surface area contributed by atoms with Crippen LogP contribution in [-0.4, -0.2) is 62.0 Å². The Balaban J connectivity index is 1.13. The van der Waals surface area contributed by atoms with Gasteiger partial charge in [-0.2, -0.15) is 5.10 Å². The number of hydrogen-bond donors (Lipinski definition) is 4. The smallest absolute Gasteiger partial charge is 0.309 e. The van der Waals surface area contributed by atoms with Crippen LogP contribution in [-0.2, 0) is 23.9 Å². The summed E-state index contributed by atoms with van der Waals surface area (Å²) < 4.78 is 6.41. The first kappa shape index (κ1) is 43.6. The maximum atomic E-state index is 14.4. The number of carboxylic acids is 1. The molecule has 5 saturated carbocycles. The summed E-state index contributed by atoms with van der Waals surface area (Å²) >= 11 is 0. The summed E-state index contributed by atoms with van der Waals surface area (Å²) in [5, 5.41) is 23.2.